The summed E-state index contributed by atoms with van der Waals surface area (Å²) in [5, 5.41) is 4.21. The number of hydrogen-bond donors (Lipinski definition) is 2. The molecule has 5 rings (SSSR count). The van der Waals surface area contributed by atoms with E-state index in [0.29, 0.717) is 22.9 Å². The lowest BCUT2D eigenvalue weighted by atomic mass is 9.87. The minimum Gasteiger partial charge on any atom is -0.358 e. The van der Waals surface area contributed by atoms with Crippen LogP contribution in [0.2, 0.25) is 0 Å². The Labute approximate surface area is 180 Å². The maximum Gasteiger partial charge on any atom is 0.254 e. The summed E-state index contributed by atoms with van der Waals surface area (Å²) in [6, 6.07) is 11.6. The lowest BCUT2D eigenvalue weighted by Crippen LogP contribution is -2.31. The molecule has 2 atom stereocenters. The number of benzene rings is 2. The van der Waals surface area contributed by atoms with E-state index < -0.39 is 6.04 Å². The number of halogens is 1. The molecular formula is C25H25FN4O. The zero-order valence-electron chi connectivity index (χ0n) is 17.7. The van der Waals surface area contributed by atoms with Crippen LogP contribution in [-0.2, 0) is 19.9 Å². The number of aryl methyl sites for hydroxylation is 2. The molecule has 2 unspecified atom stereocenters. The average Bonchev–Trinajstić information content (AvgIpc) is 3.34. The molecule has 2 N–H and O–H groups in total. The molecule has 0 spiro atoms. The number of amides is 1. The summed E-state index contributed by atoms with van der Waals surface area (Å²) in [6.07, 6.45) is 6.68. The van der Waals surface area contributed by atoms with Gasteiger partial charge in [-0.3, -0.25) is 4.79 Å². The van der Waals surface area contributed by atoms with Crippen molar-refractivity contribution in [1.82, 2.24) is 19.9 Å². The molecule has 1 aliphatic rings. The summed E-state index contributed by atoms with van der Waals surface area (Å²) in [4.78, 5) is 21.4. The molecule has 0 bridgehead atoms. The molecule has 2 aromatic heterocycles. The van der Waals surface area contributed by atoms with Crippen molar-refractivity contribution in [3.63, 3.8) is 0 Å². The van der Waals surface area contributed by atoms with Gasteiger partial charge in [0, 0.05) is 30.5 Å². The number of para-hydroxylation sites is 1. The SMILES string of the molecule is CC1CCc2[nH]c3c(C(=O)NC(c4cccc(F)c4)c4nccn4C)cccc3c2C1. The molecule has 4 aromatic rings. The first-order chi connectivity index (χ1) is 15.0. The highest BCUT2D eigenvalue weighted by Gasteiger charge is 2.25. The van der Waals surface area contributed by atoms with Crippen LogP contribution in [0.25, 0.3) is 10.9 Å². The van der Waals surface area contributed by atoms with Gasteiger partial charge in [-0.15, -0.1) is 0 Å². The lowest BCUT2D eigenvalue weighted by Gasteiger charge is -2.19. The van der Waals surface area contributed by atoms with Crippen LogP contribution in [0.5, 0.6) is 0 Å². The summed E-state index contributed by atoms with van der Waals surface area (Å²) in [6.45, 7) is 2.27. The second kappa shape index (κ2) is 7.69. The summed E-state index contributed by atoms with van der Waals surface area (Å²) in [5.74, 6) is 0.726. The third-order valence-corrected chi connectivity index (χ3v) is 6.29. The molecule has 6 heteroatoms. The van der Waals surface area contributed by atoms with Crippen LogP contribution in [0.3, 0.4) is 0 Å². The molecule has 2 aromatic carbocycles. The molecule has 1 aliphatic carbocycles. The Balaban J connectivity index is 1.55. The maximum atomic E-state index is 14.0. The predicted molar refractivity (Wildman–Crippen MR) is 118 cm³/mol. The van der Waals surface area contributed by atoms with Crippen LogP contribution in [0.15, 0.2) is 54.9 Å². The van der Waals surface area contributed by atoms with Crippen molar-refractivity contribution >= 4 is 16.8 Å². The first kappa shape index (κ1) is 19.5. The van der Waals surface area contributed by atoms with E-state index in [-0.39, 0.29) is 11.7 Å². The number of aromatic amines is 1. The molecule has 0 radical (unpaired) electrons. The van der Waals surface area contributed by atoms with Crippen molar-refractivity contribution in [1.29, 1.82) is 0 Å². The fourth-order valence-electron chi connectivity index (χ4n) is 4.65. The van der Waals surface area contributed by atoms with Gasteiger partial charge >= 0.3 is 0 Å². The molecule has 0 fully saturated rings. The Bertz CT molecular complexity index is 1270. The Morgan fingerprint density at radius 3 is 2.90 bits per heavy atom. The zero-order valence-corrected chi connectivity index (χ0v) is 17.7. The van der Waals surface area contributed by atoms with Crippen LogP contribution in [0, 0.1) is 11.7 Å². The molecule has 0 saturated heterocycles. The van der Waals surface area contributed by atoms with Crippen LogP contribution in [0.1, 0.15) is 52.4 Å². The lowest BCUT2D eigenvalue weighted by molar-refractivity contribution is 0.0942. The topological polar surface area (TPSA) is 62.7 Å². The highest BCUT2D eigenvalue weighted by Crippen LogP contribution is 2.33. The van der Waals surface area contributed by atoms with E-state index in [4.69, 9.17) is 0 Å². The second-order valence-electron chi connectivity index (χ2n) is 8.52. The van der Waals surface area contributed by atoms with Gasteiger partial charge < -0.3 is 14.9 Å². The van der Waals surface area contributed by atoms with E-state index in [2.05, 4.69) is 28.3 Å². The quantitative estimate of drug-likeness (QED) is 0.507. The number of imidazole rings is 1. The summed E-state index contributed by atoms with van der Waals surface area (Å²) in [5.41, 5.74) is 4.68. The van der Waals surface area contributed by atoms with Gasteiger partial charge in [0.15, 0.2) is 0 Å². The number of nitrogens with one attached hydrogen (secondary N) is 2. The Morgan fingerprint density at radius 2 is 2.13 bits per heavy atom. The van der Waals surface area contributed by atoms with Crippen LogP contribution in [0.4, 0.5) is 4.39 Å². The summed E-state index contributed by atoms with van der Waals surface area (Å²) in [7, 11) is 1.86. The van der Waals surface area contributed by atoms with E-state index in [1.54, 1.807) is 18.3 Å². The first-order valence-corrected chi connectivity index (χ1v) is 10.7. The fourth-order valence-corrected chi connectivity index (χ4v) is 4.65. The number of carbonyl (C=O) groups excluding carboxylic acids is 1. The monoisotopic (exact) mass is 416 g/mol. The van der Waals surface area contributed by atoms with Crippen LogP contribution >= 0.6 is 0 Å². The second-order valence-corrected chi connectivity index (χ2v) is 8.52. The number of fused-ring (bicyclic) bond motifs is 3. The van der Waals surface area contributed by atoms with Gasteiger partial charge in [0.2, 0.25) is 0 Å². The van der Waals surface area contributed by atoms with Crippen molar-refractivity contribution in [3.8, 4) is 0 Å². The van der Waals surface area contributed by atoms with E-state index >= 15 is 0 Å². The Morgan fingerprint density at radius 1 is 1.29 bits per heavy atom. The number of nitrogens with zero attached hydrogens (tertiary/aromatic N) is 2. The molecular weight excluding hydrogens is 391 g/mol. The molecule has 158 valence electrons. The van der Waals surface area contributed by atoms with E-state index in [1.807, 2.05) is 29.9 Å². The highest BCUT2D eigenvalue weighted by molar-refractivity contribution is 6.07. The Kier molecular flexibility index (Phi) is 4.85. The molecule has 31 heavy (non-hydrogen) atoms. The van der Waals surface area contributed by atoms with E-state index in [0.717, 1.165) is 30.2 Å². The minimum atomic E-state index is -0.567. The largest absolute Gasteiger partial charge is 0.358 e. The van der Waals surface area contributed by atoms with Crippen molar-refractivity contribution in [2.24, 2.45) is 13.0 Å². The Hall–Kier alpha value is -3.41. The van der Waals surface area contributed by atoms with Gasteiger partial charge in [0.05, 0.1) is 11.1 Å². The van der Waals surface area contributed by atoms with Gasteiger partial charge in [0.25, 0.3) is 5.91 Å². The smallest absolute Gasteiger partial charge is 0.254 e. The van der Waals surface area contributed by atoms with E-state index in [9.17, 15) is 9.18 Å². The van der Waals surface area contributed by atoms with Crippen molar-refractivity contribution in [2.75, 3.05) is 0 Å². The standard InChI is InChI=1S/C25H25FN4O/c1-15-9-10-21-20(13-15)18-7-4-8-19(23(18)28-21)25(31)29-22(24-27-11-12-30(24)2)16-5-3-6-17(26)14-16/h3-8,11-12,14-15,22,28H,9-10,13H2,1-2H3,(H,29,31). The van der Waals surface area contributed by atoms with E-state index in [1.165, 1.54) is 23.4 Å². The van der Waals surface area contributed by atoms with Crippen molar-refractivity contribution in [3.05, 3.63) is 88.9 Å². The molecule has 0 aliphatic heterocycles. The summed E-state index contributed by atoms with van der Waals surface area (Å²) < 4.78 is 15.8. The fraction of sp³-hybridized carbons (Fsp3) is 0.280. The normalized spacial score (nSPS) is 16.8. The number of rotatable bonds is 4. The first-order valence-electron chi connectivity index (χ1n) is 10.7. The molecule has 1 amide bonds. The average molecular weight is 417 g/mol. The number of H-pyrrole nitrogens is 1. The molecule has 0 saturated carbocycles. The van der Waals surface area contributed by atoms with Crippen LogP contribution < -0.4 is 5.32 Å². The molecule has 5 nitrogen and oxygen atoms in total. The number of carbonyl (C=O) groups is 1. The van der Waals surface area contributed by atoms with Gasteiger partial charge in [0.1, 0.15) is 17.7 Å². The highest BCUT2D eigenvalue weighted by atomic mass is 19.1. The van der Waals surface area contributed by atoms with Gasteiger partial charge in [-0.1, -0.05) is 31.2 Å². The van der Waals surface area contributed by atoms with Gasteiger partial charge in [-0.25, -0.2) is 9.37 Å². The van der Waals surface area contributed by atoms with Crippen LogP contribution in [-0.4, -0.2) is 20.4 Å². The third-order valence-electron chi connectivity index (χ3n) is 6.29. The summed E-state index contributed by atoms with van der Waals surface area (Å²) >= 11 is 0. The number of aromatic nitrogens is 3. The van der Waals surface area contributed by atoms with Gasteiger partial charge in [-0.05, 0) is 54.5 Å². The van der Waals surface area contributed by atoms with Gasteiger partial charge in [-0.2, -0.15) is 0 Å². The predicted octanol–water partition coefficient (Wildman–Crippen LogP) is 4.68. The van der Waals surface area contributed by atoms with Crippen molar-refractivity contribution < 1.29 is 9.18 Å². The minimum absolute atomic E-state index is 0.213. The third kappa shape index (κ3) is 3.52. The number of hydrogen-bond acceptors (Lipinski definition) is 2. The van der Waals surface area contributed by atoms with Crippen molar-refractivity contribution in [2.45, 2.75) is 32.2 Å². The maximum absolute atomic E-state index is 14.0. The molecule has 2 heterocycles. The zero-order chi connectivity index (χ0) is 21.5.